The second kappa shape index (κ2) is 11.2. The summed E-state index contributed by atoms with van der Waals surface area (Å²) in [5.41, 5.74) is 4.74. The molecule has 3 heterocycles. The number of morpholine rings is 1. The summed E-state index contributed by atoms with van der Waals surface area (Å²) >= 11 is 0. The summed E-state index contributed by atoms with van der Waals surface area (Å²) in [5, 5.41) is 10.7. The highest BCUT2D eigenvalue weighted by Crippen LogP contribution is 2.39. The number of nitrogens with one attached hydrogen (secondary N) is 2. The number of hydrogen-bond donors (Lipinski definition) is 2. The highest BCUT2D eigenvalue weighted by molar-refractivity contribution is 6.06. The van der Waals surface area contributed by atoms with Crippen molar-refractivity contribution in [3.8, 4) is 11.5 Å². The van der Waals surface area contributed by atoms with Crippen LogP contribution < -0.4 is 20.1 Å². The van der Waals surface area contributed by atoms with Crippen LogP contribution in [-0.2, 0) is 14.3 Å². The Balaban J connectivity index is 1.43. The summed E-state index contributed by atoms with van der Waals surface area (Å²) < 4.78 is 18.4. The van der Waals surface area contributed by atoms with E-state index in [-0.39, 0.29) is 18.4 Å². The van der Waals surface area contributed by atoms with E-state index in [1.54, 1.807) is 21.7 Å². The molecule has 0 spiro atoms. The molecule has 2 aliphatic rings. The predicted molar refractivity (Wildman–Crippen MR) is 145 cm³/mol. The van der Waals surface area contributed by atoms with Crippen LogP contribution in [0.25, 0.3) is 0 Å². The molecule has 0 bridgehead atoms. The Morgan fingerprint density at radius 2 is 1.92 bits per heavy atom. The van der Waals surface area contributed by atoms with Crippen LogP contribution in [0.1, 0.15) is 29.7 Å². The van der Waals surface area contributed by atoms with Crippen molar-refractivity contribution >= 4 is 23.5 Å². The number of anilines is 2. The smallest absolute Gasteiger partial charge is 0.260 e. The van der Waals surface area contributed by atoms with Crippen LogP contribution in [0.5, 0.6) is 11.5 Å². The van der Waals surface area contributed by atoms with Crippen LogP contribution in [0.2, 0.25) is 0 Å². The lowest BCUT2D eigenvalue weighted by atomic mass is 9.94. The molecule has 2 aliphatic heterocycles. The van der Waals surface area contributed by atoms with Crippen LogP contribution >= 0.6 is 0 Å². The van der Waals surface area contributed by atoms with E-state index in [1.165, 1.54) is 13.4 Å². The van der Waals surface area contributed by atoms with Gasteiger partial charge in [0.05, 0.1) is 25.9 Å². The third kappa shape index (κ3) is 5.30. The van der Waals surface area contributed by atoms with Crippen molar-refractivity contribution in [3.05, 3.63) is 70.7 Å². The average molecular weight is 533 g/mol. The highest BCUT2D eigenvalue weighted by Gasteiger charge is 2.34. The molecule has 0 aliphatic carbocycles. The number of rotatable bonds is 7. The van der Waals surface area contributed by atoms with Gasteiger partial charge in [-0.1, -0.05) is 18.2 Å². The lowest BCUT2D eigenvalue weighted by molar-refractivity contribution is -0.137. The molecule has 1 unspecified atom stereocenters. The molecule has 2 aromatic carbocycles. The lowest BCUT2D eigenvalue weighted by Gasteiger charge is -2.29. The van der Waals surface area contributed by atoms with Gasteiger partial charge in [0, 0.05) is 24.5 Å². The highest BCUT2D eigenvalue weighted by atomic mass is 16.5. The number of aryl methyl sites for hydroxylation is 1. The Morgan fingerprint density at radius 1 is 1.13 bits per heavy atom. The first-order valence-corrected chi connectivity index (χ1v) is 12.8. The molecule has 5 rings (SSSR count). The third-order valence-electron chi connectivity index (χ3n) is 7.11. The van der Waals surface area contributed by atoms with Crippen molar-refractivity contribution in [2.75, 3.05) is 50.7 Å². The van der Waals surface area contributed by atoms with Gasteiger partial charge in [-0.3, -0.25) is 9.59 Å². The summed E-state index contributed by atoms with van der Waals surface area (Å²) in [6.45, 7) is 7.86. The zero-order valence-corrected chi connectivity index (χ0v) is 22.5. The van der Waals surface area contributed by atoms with Gasteiger partial charge in [0.1, 0.15) is 12.4 Å². The number of aromatic nitrogens is 3. The first kappa shape index (κ1) is 26.2. The van der Waals surface area contributed by atoms with Gasteiger partial charge in [0.25, 0.3) is 11.8 Å². The first-order chi connectivity index (χ1) is 18.9. The van der Waals surface area contributed by atoms with E-state index in [1.807, 2.05) is 45.0 Å². The number of fused-ring (bicyclic) bond motifs is 1. The Labute approximate surface area is 226 Å². The molecule has 39 heavy (non-hydrogen) atoms. The maximum Gasteiger partial charge on any atom is 0.260 e. The Morgan fingerprint density at radius 3 is 2.69 bits per heavy atom. The largest absolute Gasteiger partial charge is 0.493 e. The van der Waals surface area contributed by atoms with Crippen LogP contribution in [0.15, 0.2) is 54.0 Å². The predicted octanol–water partition coefficient (Wildman–Crippen LogP) is 3.07. The van der Waals surface area contributed by atoms with E-state index >= 15 is 0 Å². The Hall–Kier alpha value is -4.38. The number of amides is 2. The molecule has 0 saturated carbocycles. The molecule has 1 saturated heterocycles. The summed E-state index contributed by atoms with van der Waals surface area (Å²) in [6, 6.07) is 10.6. The van der Waals surface area contributed by atoms with Crippen molar-refractivity contribution in [3.63, 3.8) is 0 Å². The van der Waals surface area contributed by atoms with Crippen molar-refractivity contribution in [1.82, 2.24) is 19.7 Å². The van der Waals surface area contributed by atoms with E-state index in [2.05, 4.69) is 20.7 Å². The van der Waals surface area contributed by atoms with Gasteiger partial charge in [-0.05, 0) is 55.7 Å². The molecule has 1 aromatic heterocycles. The van der Waals surface area contributed by atoms with Crippen LogP contribution in [-0.4, -0.2) is 71.5 Å². The normalized spacial score (nSPS) is 16.8. The van der Waals surface area contributed by atoms with Crippen LogP contribution in [0.4, 0.5) is 11.6 Å². The molecule has 11 nitrogen and oxygen atoms in total. The van der Waals surface area contributed by atoms with Crippen molar-refractivity contribution < 1.29 is 23.8 Å². The molecule has 3 aromatic rings. The zero-order chi connectivity index (χ0) is 27.5. The minimum absolute atomic E-state index is 0.112. The van der Waals surface area contributed by atoms with Gasteiger partial charge in [-0.15, -0.1) is 0 Å². The van der Waals surface area contributed by atoms with Gasteiger partial charge in [0.2, 0.25) is 5.95 Å². The van der Waals surface area contributed by atoms with E-state index in [0.29, 0.717) is 55.0 Å². The Kier molecular flexibility index (Phi) is 7.51. The van der Waals surface area contributed by atoms with Gasteiger partial charge in [-0.2, -0.15) is 10.1 Å². The number of methoxy groups -OCH3 is 1. The quantitative estimate of drug-likeness (QED) is 0.477. The SMILES string of the molecule is COc1cc(C2C(C(=O)Nc3cccc(C)c3C)=C(C)Nc3ncnn32)ccc1OCC(=O)N1CCOCC1. The monoisotopic (exact) mass is 532 g/mol. The van der Waals surface area contributed by atoms with Crippen molar-refractivity contribution in [2.45, 2.75) is 26.8 Å². The lowest BCUT2D eigenvalue weighted by Crippen LogP contribution is -2.43. The number of carbonyl (C=O) groups excluding carboxylic acids is 2. The standard InChI is InChI=1S/C28H32N6O5/c1-17-6-5-7-21(18(17)2)32-27(36)25-19(3)31-28-29-16-30-34(28)26(25)20-8-9-22(23(14-20)37-4)39-15-24(35)33-10-12-38-13-11-33/h5-9,14,16,26H,10-13,15H2,1-4H3,(H,32,36)(H,29,30,31). The van der Waals surface area contributed by atoms with Crippen LogP contribution in [0, 0.1) is 13.8 Å². The van der Waals surface area contributed by atoms with Crippen molar-refractivity contribution in [1.29, 1.82) is 0 Å². The summed E-state index contributed by atoms with van der Waals surface area (Å²) in [4.78, 5) is 32.3. The maximum absolute atomic E-state index is 13.7. The average Bonchev–Trinajstić information content (AvgIpc) is 3.41. The summed E-state index contributed by atoms with van der Waals surface area (Å²) in [7, 11) is 1.54. The number of nitrogens with zero attached hydrogens (tertiary/aromatic N) is 4. The van der Waals surface area contributed by atoms with E-state index < -0.39 is 6.04 Å². The van der Waals surface area contributed by atoms with Gasteiger partial charge in [-0.25, -0.2) is 4.68 Å². The molecule has 0 radical (unpaired) electrons. The fourth-order valence-corrected chi connectivity index (χ4v) is 4.79. The van der Waals surface area contributed by atoms with Crippen molar-refractivity contribution in [2.24, 2.45) is 0 Å². The van der Waals surface area contributed by atoms with Gasteiger partial charge in [0.15, 0.2) is 18.1 Å². The summed E-state index contributed by atoms with van der Waals surface area (Å²) in [6.07, 6.45) is 1.44. The molecule has 2 amide bonds. The molecular weight excluding hydrogens is 500 g/mol. The van der Waals surface area contributed by atoms with Gasteiger partial charge >= 0.3 is 0 Å². The van der Waals surface area contributed by atoms with E-state index in [4.69, 9.17) is 14.2 Å². The van der Waals surface area contributed by atoms with E-state index in [0.717, 1.165) is 22.4 Å². The molecule has 2 N–H and O–H groups in total. The second-order valence-corrected chi connectivity index (χ2v) is 9.49. The maximum atomic E-state index is 13.7. The summed E-state index contributed by atoms with van der Waals surface area (Å²) in [5.74, 6) is 1.03. The minimum atomic E-state index is -0.577. The van der Waals surface area contributed by atoms with Crippen LogP contribution in [0.3, 0.4) is 0 Å². The third-order valence-corrected chi connectivity index (χ3v) is 7.11. The number of ether oxygens (including phenoxy) is 3. The van der Waals surface area contributed by atoms with Gasteiger partial charge < -0.3 is 29.7 Å². The second-order valence-electron chi connectivity index (χ2n) is 9.49. The molecule has 1 fully saturated rings. The van der Waals surface area contributed by atoms with E-state index in [9.17, 15) is 9.59 Å². The fourth-order valence-electron chi connectivity index (χ4n) is 4.79. The Bertz CT molecular complexity index is 1430. The zero-order valence-electron chi connectivity index (χ0n) is 22.5. The topological polar surface area (TPSA) is 120 Å². The number of allylic oxidation sites excluding steroid dienone is 1. The fraction of sp³-hybridized carbons (Fsp3) is 0.357. The molecule has 1 atom stereocenters. The molecule has 11 heteroatoms. The number of carbonyl (C=O) groups is 2. The number of hydrogen-bond acceptors (Lipinski definition) is 8. The minimum Gasteiger partial charge on any atom is -0.493 e. The molecular formula is C28H32N6O5. The number of benzene rings is 2. The first-order valence-electron chi connectivity index (χ1n) is 12.8. The molecule has 204 valence electrons.